The maximum atomic E-state index is 10.7. The van der Waals surface area contributed by atoms with Gasteiger partial charge in [-0.15, -0.1) is 0 Å². The summed E-state index contributed by atoms with van der Waals surface area (Å²) < 4.78 is 16.4. The molecule has 3 fully saturated rings. The summed E-state index contributed by atoms with van der Waals surface area (Å²) in [5, 5.41) is 58.8. The van der Waals surface area contributed by atoms with Gasteiger partial charge in [0.15, 0.2) is 6.29 Å². The van der Waals surface area contributed by atoms with Gasteiger partial charge in [0.25, 0.3) is 0 Å². The predicted molar refractivity (Wildman–Crippen MR) is 77.8 cm³/mol. The van der Waals surface area contributed by atoms with Crippen LogP contribution >= 0.6 is 0 Å². The lowest BCUT2D eigenvalue weighted by atomic mass is 9.82. The number of rotatable bonds is 6. The third kappa shape index (κ3) is 2.68. The van der Waals surface area contributed by atoms with E-state index in [1.165, 1.54) is 0 Å². The van der Waals surface area contributed by atoms with Crippen LogP contribution < -0.4 is 0 Å². The molecule has 8 unspecified atom stereocenters. The number of aliphatic hydroxyl groups excluding tert-OH is 5. The summed E-state index contributed by atoms with van der Waals surface area (Å²) >= 11 is 0. The zero-order valence-electron chi connectivity index (χ0n) is 13.3. The maximum absolute atomic E-state index is 10.7. The molecular formula is C15H26O9. The summed E-state index contributed by atoms with van der Waals surface area (Å²) in [6.45, 7) is -0.476. The van der Waals surface area contributed by atoms with Crippen molar-refractivity contribution >= 4 is 0 Å². The van der Waals surface area contributed by atoms with Crippen molar-refractivity contribution in [1.82, 2.24) is 0 Å². The second-order valence-corrected chi connectivity index (χ2v) is 6.94. The van der Waals surface area contributed by atoms with Gasteiger partial charge < -0.3 is 44.8 Å². The SMILES string of the molecule is OCC1OC(OCCC23CCC(CO2)C3(O)CO)C(O)C(O)C1O. The van der Waals surface area contributed by atoms with Crippen molar-refractivity contribution in [3.8, 4) is 0 Å². The molecule has 2 heterocycles. The van der Waals surface area contributed by atoms with Gasteiger partial charge in [0.1, 0.15) is 35.6 Å². The highest BCUT2D eigenvalue weighted by molar-refractivity contribution is 5.14. The Morgan fingerprint density at radius 2 is 1.83 bits per heavy atom. The molecule has 0 aromatic carbocycles. The summed E-state index contributed by atoms with van der Waals surface area (Å²) in [4.78, 5) is 0. The Balaban J connectivity index is 1.58. The van der Waals surface area contributed by atoms with Gasteiger partial charge in [-0.3, -0.25) is 0 Å². The second kappa shape index (κ2) is 6.75. The Morgan fingerprint density at radius 1 is 1.08 bits per heavy atom. The smallest absolute Gasteiger partial charge is 0.186 e. The summed E-state index contributed by atoms with van der Waals surface area (Å²) in [6, 6.07) is 0. The minimum atomic E-state index is -1.49. The molecule has 0 radical (unpaired) electrons. The Kier molecular flexibility index (Phi) is 5.18. The topological polar surface area (TPSA) is 149 Å². The molecule has 24 heavy (non-hydrogen) atoms. The maximum Gasteiger partial charge on any atom is 0.186 e. The number of aliphatic hydroxyl groups is 6. The average molecular weight is 350 g/mol. The van der Waals surface area contributed by atoms with E-state index in [9.17, 15) is 25.5 Å². The Hall–Kier alpha value is -0.360. The minimum absolute atomic E-state index is 0.0533. The molecule has 3 rings (SSSR count). The third-order valence-corrected chi connectivity index (χ3v) is 5.80. The van der Waals surface area contributed by atoms with E-state index in [2.05, 4.69) is 0 Å². The monoisotopic (exact) mass is 350 g/mol. The molecule has 8 atom stereocenters. The molecule has 0 amide bonds. The number of hydrogen-bond donors (Lipinski definition) is 6. The number of hydrogen-bond acceptors (Lipinski definition) is 9. The Labute approximate surface area is 139 Å². The van der Waals surface area contributed by atoms with Crippen LogP contribution in [0.1, 0.15) is 19.3 Å². The van der Waals surface area contributed by atoms with E-state index in [0.29, 0.717) is 13.0 Å². The lowest BCUT2D eigenvalue weighted by Gasteiger charge is -2.40. The molecule has 9 nitrogen and oxygen atoms in total. The van der Waals surface area contributed by atoms with Crippen LogP contribution in [0.3, 0.4) is 0 Å². The standard InChI is InChI=1S/C15H26O9/c16-5-9-10(18)11(19)12(20)13(24-9)22-4-3-14-2-1-8(6-23-14)15(14,21)7-17/h8-13,16-21H,1-7H2. The molecule has 140 valence electrons. The summed E-state index contributed by atoms with van der Waals surface area (Å²) in [5.74, 6) is -0.102. The van der Waals surface area contributed by atoms with Crippen LogP contribution in [-0.2, 0) is 14.2 Å². The van der Waals surface area contributed by atoms with Crippen LogP contribution in [0.15, 0.2) is 0 Å². The van der Waals surface area contributed by atoms with Crippen molar-refractivity contribution in [2.24, 2.45) is 5.92 Å². The van der Waals surface area contributed by atoms with Crippen molar-refractivity contribution in [1.29, 1.82) is 0 Å². The van der Waals surface area contributed by atoms with E-state index < -0.39 is 55.1 Å². The summed E-state index contributed by atoms with van der Waals surface area (Å²) in [5.41, 5.74) is -2.19. The van der Waals surface area contributed by atoms with Crippen molar-refractivity contribution in [2.75, 3.05) is 26.4 Å². The molecule has 0 aromatic rings. The molecule has 1 saturated carbocycles. The minimum Gasteiger partial charge on any atom is -0.394 e. The first-order valence-electron chi connectivity index (χ1n) is 8.28. The van der Waals surface area contributed by atoms with Crippen LogP contribution in [-0.4, -0.2) is 99.0 Å². The van der Waals surface area contributed by atoms with E-state index in [1.807, 2.05) is 0 Å². The summed E-state index contributed by atoms with van der Waals surface area (Å²) in [7, 11) is 0. The third-order valence-electron chi connectivity index (χ3n) is 5.80. The number of fused-ring (bicyclic) bond motifs is 2. The highest BCUT2D eigenvalue weighted by atomic mass is 16.7. The van der Waals surface area contributed by atoms with Crippen molar-refractivity contribution < 1.29 is 44.8 Å². The van der Waals surface area contributed by atoms with E-state index in [4.69, 9.17) is 19.3 Å². The molecule has 3 aliphatic rings. The largest absolute Gasteiger partial charge is 0.394 e. The Morgan fingerprint density at radius 3 is 2.42 bits per heavy atom. The zero-order chi connectivity index (χ0) is 17.5. The van der Waals surface area contributed by atoms with E-state index in [1.54, 1.807) is 0 Å². The predicted octanol–water partition coefficient (Wildman–Crippen LogP) is -2.90. The van der Waals surface area contributed by atoms with Gasteiger partial charge in [-0.1, -0.05) is 0 Å². The van der Waals surface area contributed by atoms with Crippen molar-refractivity contribution in [2.45, 2.75) is 61.2 Å². The first-order valence-corrected chi connectivity index (χ1v) is 8.28. The van der Waals surface area contributed by atoms with Gasteiger partial charge in [0, 0.05) is 12.3 Å². The molecule has 0 aromatic heterocycles. The van der Waals surface area contributed by atoms with Crippen LogP contribution in [0.4, 0.5) is 0 Å². The van der Waals surface area contributed by atoms with Crippen LogP contribution in [0.25, 0.3) is 0 Å². The normalized spacial score (nSPS) is 51.2. The molecule has 6 N–H and O–H groups in total. The van der Waals surface area contributed by atoms with Gasteiger partial charge in [-0.2, -0.15) is 0 Å². The molecule has 9 heteroatoms. The first kappa shape index (κ1) is 18.4. The lowest BCUT2D eigenvalue weighted by Crippen LogP contribution is -2.59. The fourth-order valence-corrected chi connectivity index (χ4v) is 4.14. The van der Waals surface area contributed by atoms with Gasteiger partial charge >= 0.3 is 0 Å². The van der Waals surface area contributed by atoms with Crippen LogP contribution in [0, 0.1) is 5.92 Å². The Bertz CT molecular complexity index is 437. The van der Waals surface area contributed by atoms with Gasteiger partial charge in [0.2, 0.25) is 0 Å². The summed E-state index contributed by atoms with van der Waals surface area (Å²) in [6.07, 6.45) is -4.97. The lowest BCUT2D eigenvalue weighted by molar-refractivity contribution is -0.303. The highest BCUT2D eigenvalue weighted by Crippen LogP contribution is 2.53. The second-order valence-electron chi connectivity index (χ2n) is 6.94. The first-order chi connectivity index (χ1) is 11.4. The van der Waals surface area contributed by atoms with E-state index >= 15 is 0 Å². The van der Waals surface area contributed by atoms with Gasteiger partial charge in [-0.25, -0.2) is 0 Å². The molecule has 2 bridgehead atoms. The molecular weight excluding hydrogens is 324 g/mol. The average Bonchev–Trinajstić information content (AvgIpc) is 3.02. The fraction of sp³-hybridized carbons (Fsp3) is 1.00. The van der Waals surface area contributed by atoms with Gasteiger partial charge in [-0.05, 0) is 12.8 Å². The van der Waals surface area contributed by atoms with Gasteiger partial charge in [0.05, 0.1) is 26.4 Å². The fourth-order valence-electron chi connectivity index (χ4n) is 4.14. The van der Waals surface area contributed by atoms with E-state index in [0.717, 1.165) is 6.42 Å². The molecule has 1 aliphatic carbocycles. The van der Waals surface area contributed by atoms with Crippen LogP contribution in [0.2, 0.25) is 0 Å². The van der Waals surface area contributed by atoms with E-state index in [-0.39, 0.29) is 18.9 Å². The molecule has 2 aliphatic heterocycles. The number of ether oxygens (including phenoxy) is 3. The highest BCUT2D eigenvalue weighted by Gasteiger charge is 2.64. The van der Waals surface area contributed by atoms with Crippen molar-refractivity contribution in [3.63, 3.8) is 0 Å². The molecule has 2 saturated heterocycles. The molecule has 0 spiro atoms. The quantitative estimate of drug-likeness (QED) is 0.296. The van der Waals surface area contributed by atoms with Crippen LogP contribution in [0.5, 0.6) is 0 Å². The van der Waals surface area contributed by atoms with Crippen molar-refractivity contribution in [3.05, 3.63) is 0 Å². The zero-order valence-corrected chi connectivity index (χ0v) is 13.3.